The number of hydrogen-bond donors (Lipinski definition) is 0. The molecule has 0 amide bonds. The van der Waals surface area contributed by atoms with Crippen molar-refractivity contribution in [1.82, 2.24) is 4.90 Å². The highest BCUT2D eigenvalue weighted by molar-refractivity contribution is 5.21. The van der Waals surface area contributed by atoms with Gasteiger partial charge in [-0.25, -0.2) is 0 Å². The van der Waals surface area contributed by atoms with Crippen molar-refractivity contribution in [3.8, 4) is 0 Å². The molecule has 1 aromatic carbocycles. The Morgan fingerprint density at radius 3 is 2.30 bits per heavy atom. The van der Waals surface area contributed by atoms with E-state index < -0.39 is 0 Å². The monoisotopic (exact) mass is 315 g/mol. The van der Waals surface area contributed by atoms with Gasteiger partial charge < -0.3 is 4.90 Å². The van der Waals surface area contributed by atoms with Crippen molar-refractivity contribution in [2.24, 2.45) is 11.8 Å². The van der Waals surface area contributed by atoms with Crippen LogP contribution in [0.4, 0.5) is 0 Å². The molecule has 0 bridgehead atoms. The Balaban J connectivity index is 1.56. The summed E-state index contributed by atoms with van der Waals surface area (Å²) in [5.41, 5.74) is 1.55. The SMILES string of the molecule is CCC(C)CCCCCCN1CC(C(CC)c2ccccc2)C1. The molecule has 2 atom stereocenters. The smallest absolute Gasteiger partial charge is 0.00279 e. The van der Waals surface area contributed by atoms with E-state index in [2.05, 4.69) is 56.0 Å². The van der Waals surface area contributed by atoms with Crippen LogP contribution in [0.5, 0.6) is 0 Å². The zero-order valence-corrected chi connectivity index (χ0v) is 15.6. The molecule has 1 saturated heterocycles. The predicted molar refractivity (Wildman–Crippen MR) is 102 cm³/mol. The van der Waals surface area contributed by atoms with Gasteiger partial charge in [-0.1, -0.05) is 83.2 Å². The largest absolute Gasteiger partial charge is 0.303 e. The molecule has 0 aliphatic carbocycles. The summed E-state index contributed by atoms with van der Waals surface area (Å²) < 4.78 is 0. The summed E-state index contributed by atoms with van der Waals surface area (Å²) >= 11 is 0. The molecule has 0 saturated carbocycles. The van der Waals surface area contributed by atoms with E-state index in [1.165, 1.54) is 64.6 Å². The van der Waals surface area contributed by atoms with E-state index >= 15 is 0 Å². The van der Waals surface area contributed by atoms with E-state index in [9.17, 15) is 0 Å². The van der Waals surface area contributed by atoms with Crippen LogP contribution in [0.25, 0.3) is 0 Å². The lowest BCUT2D eigenvalue weighted by atomic mass is 9.79. The Morgan fingerprint density at radius 1 is 0.957 bits per heavy atom. The molecule has 1 aliphatic rings. The first-order valence-electron chi connectivity index (χ1n) is 10.0. The normalized spacial score (nSPS) is 18.6. The molecule has 2 unspecified atom stereocenters. The molecule has 1 nitrogen and oxygen atoms in total. The standard InChI is InChI=1S/C22H37N/c1-4-19(3)13-9-6-7-12-16-23-17-21(18-23)22(5-2)20-14-10-8-11-15-20/h8,10-11,14-15,19,21-22H,4-7,9,12-13,16-18H2,1-3H3. The Morgan fingerprint density at radius 2 is 1.65 bits per heavy atom. The number of unbranched alkanes of at least 4 members (excludes halogenated alkanes) is 3. The van der Waals surface area contributed by atoms with Crippen LogP contribution in [-0.4, -0.2) is 24.5 Å². The molecule has 130 valence electrons. The molecule has 1 aliphatic heterocycles. The molecule has 1 heterocycles. The first-order valence-corrected chi connectivity index (χ1v) is 10.0. The topological polar surface area (TPSA) is 3.24 Å². The molecule has 1 aromatic rings. The fraction of sp³-hybridized carbons (Fsp3) is 0.727. The molecule has 23 heavy (non-hydrogen) atoms. The first-order chi connectivity index (χ1) is 11.2. The molecular weight excluding hydrogens is 278 g/mol. The van der Waals surface area contributed by atoms with Gasteiger partial charge in [0.25, 0.3) is 0 Å². The van der Waals surface area contributed by atoms with Crippen molar-refractivity contribution in [3.05, 3.63) is 35.9 Å². The van der Waals surface area contributed by atoms with E-state index in [0.29, 0.717) is 0 Å². The number of benzene rings is 1. The van der Waals surface area contributed by atoms with Gasteiger partial charge in [-0.2, -0.15) is 0 Å². The number of hydrogen-bond acceptors (Lipinski definition) is 1. The lowest BCUT2D eigenvalue weighted by molar-refractivity contribution is 0.0773. The summed E-state index contributed by atoms with van der Waals surface area (Å²) in [4.78, 5) is 2.67. The summed E-state index contributed by atoms with van der Waals surface area (Å²) in [5, 5.41) is 0. The summed E-state index contributed by atoms with van der Waals surface area (Å²) in [6, 6.07) is 11.1. The van der Waals surface area contributed by atoms with Gasteiger partial charge in [0.05, 0.1) is 0 Å². The Hall–Kier alpha value is -0.820. The molecular formula is C22H37N. The highest BCUT2D eigenvalue weighted by atomic mass is 15.2. The number of rotatable bonds is 11. The third kappa shape index (κ3) is 5.95. The second-order valence-corrected chi connectivity index (χ2v) is 7.66. The van der Waals surface area contributed by atoms with Crippen LogP contribution in [0.15, 0.2) is 30.3 Å². The summed E-state index contributed by atoms with van der Waals surface area (Å²) in [6.45, 7) is 11.0. The van der Waals surface area contributed by atoms with Crippen molar-refractivity contribution >= 4 is 0 Å². The Labute approximate surface area is 144 Å². The van der Waals surface area contributed by atoms with Crippen LogP contribution in [0, 0.1) is 11.8 Å². The highest BCUT2D eigenvalue weighted by Crippen LogP contribution is 2.34. The third-order valence-electron chi connectivity index (χ3n) is 5.84. The van der Waals surface area contributed by atoms with Crippen LogP contribution >= 0.6 is 0 Å². The number of likely N-dealkylation sites (tertiary alicyclic amines) is 1. The average Bonchev–Trinajstić information content (AvgIpc) is 2.55. The molecule has 1 fully saturated rings. The van der Waals surface area contributed by atoms with Crippen molar-refractivity contribution in [2.75, 3.05) is 19.6 Å². The lowest BCUT2D eigenvalue weighted by Crippen LogP contribution is -2.49. The van der Waals surface area contributed by atoms with Crippen molar-refractivity contribution < 1.29 is 0 Å². The zero-order chi connectivity index (χ0) is 16.5. The summed E-state index contributed by atoms with van der Waals surface area (Å²) in [6.07, 6.45) is 9.74. The predicted octanol–water partition coefficient (Wildman–Crippen LogP) is 6.11. The maximum Gasteiger partial charge on any atom is 0.00279 e. The van der Waals surface area contributed by atoms with Gasteiger partial charge in [0.1, 0.15) is 0 Å². The van der Waals surface area contributed by atoms with Crippen molar-refractivity contribution in [3.63, 3.8) is 0 Å². The van der Waals surface area contributed by atoms with Crippen molar-refractivity contribution in [2.45, 2.75) is 71.6 Å². The summed E-state index contributed by atoms with van der Waals surface area (Å²) in [7, 11) is 0. The van der Waals surface area contributed by atoms with Gasteiger partial charge in [-0.15, -0.1) is 0 Å². The molecule has 2 rings (SSSR count). The molecule has 0 aromatic heterocycles. The Kier molecular flexibility index (Phi) is 8.16. The molecule has 0 radical (unpaired) electrons. The van der Waals surface area contributed by atoms with Crippen LogP contribution in [0.1, 0.15) is 77.2 Å². The minimum Gasteiger partial charge on any atom is -0.303 e. The van der Waals surface area contributed by atoms with Crippen LogP contribution < -0.4 is 0 Å². The maximum absolute atomic E-state index is 2.67. The molecule has 0 N–H and O–H groups in total. The van der Waals surface area contributed by atoms with E-state index in [1.54, 1.807) is 5.56 Å². The van der Waals surface area contributed by atoms with E-state index in [4.69, 9.17) is 0 Å². The van der Waals surface area contributed by atoms with E-state index in [-0.39, 0.29) is 0 Å². The molecule has 0 spiro atoms. The van der Waals surface area contributed by atoms with Crippen LogP contribution in [-0.2, 0) is 0 Å². The van der Waals surface area contributed by atoms with Gasteiger partial charge in [-0.05, 0) is 42.7 Å². The van der Waals surface area contributed by atoms with E-state index in [0.717, 1.165) is 17.8 Å². The zero-order valence-electron chi connectivity index (χ0n) is 15.6. The second kappa shape index (κ2) is 10.1. The second-order valence-electron chi connectivity index (χ2n) is 7.66. The van der Waals surface area contributed by atoms with Gasteiger partial charge in [0.2, 0.25) is 0 Å². The third-order valence-corrected chi connectivity index (χ3v) is 5.84. The fourth-order valence-electron chi connectivity index (χ4n) is 3.97. The van der Waals surface area contributed by atoms with Gasteiger partial charge in [-0.3, -0.25) is 0 Å². The average molecular weight is 316 g/mol. The minimum absolute atomic E-state index is 0.767. The highest BCUT2D eigenvalue weighted by Gasteiger charge is 2.32. The van der Waals surface area contributed by atoms with Crippen molar-refractivity contribution in [1.29, 1.82) is 0 Å². The van der Waals surface area contributed by atoms with Gasteiger partial charge in [0, 0.05) is 13.1 Å². The number of nitrogens with zero attached hydrogens (tertiary/aromatic N) is 1. The van der Waals surface area contributed by atoms with Gasteiger partial charge in [0.15, 0.2) is 0 Å². The van der Waals surface area contributed by atoms with Crippen LogP contribution in [0.3, 0.4) is 0 Å². The Bertz CT molecular complexity index is 407. The van der Waals surface area contributed by atoms with E-state index in [1.807, 2.05) is 0 Å². The first kappa shape index (κ1) is 18.5. The summed E-state index contributed by atoms with van der Waals surface area (Å²) in [5.74, 6) is 2.57. The fourth-order valence-corrected chi connectivity index (χ4v) is 3.97. The lowest BCUT2D eigenvalue weighted by Gasteiger charge is -2.43. The quantitative estimate of drug-likeness (QED) is 0.445. The van der Waals surface area contributed by atoms with Crippen LogP contribution in [0.2, 0.25) is 0 Å². The maximum atomic E-state index is 2.67. The molecule has 1 heteroatoms. The van der Waals surface area contributed by atoms with Gasteiger partial charge >= 0.3 is 0 Å². The minimum atomic E-state index is 0.767.